The van der Waals surface area contributed by atoms with Crippen molar-refractivity contribution in [3.63, 3.8) is 0 Å². The molecule has 0 unspecified atom stereocenters. The van der Waals surface area contributed by atoms with E-state index in [1.54, 1.807) is 0 Å². The van der Waals surface area contributed by atoms with Crippen LogP contribution < -0.4 is 5.32 Å². The number of amides is 1. The summed E-state index contributed by atoms with van der Waals surface area (Å²) in [6, 6.07) is 10.1. The highest BCUT2D eigenvalue weighted by Crippen LogP contribution is 2.57. The molecule has 128 valence electrons. The molecule has 1 aromatic carbocycles. The van der Waals surface area contributed by atoms with E-state index in [2.05, 4.69) is 5.32 Å². The van der Waals surface area contributed by atoms with Gasteiger partial charge in [0.05, 0.1) is 12.5 Å². The quantitative estimate of drug-likeness (QED) is 0.894. The molecule has 2 atom stereocenters. The van der Waals surface area contributed by atoms with Crippen molar-refractivity contribution < 1.29 is 9.90 Å². The summed E-state index contributed by atoms with van der Waals surface area (Å²) >= 11 is 0. The van der Waals surface area contributed by atoms with Crippen molar-refractivity contribution in [2.75, 3.05) is 6.61 Å². The molecule has 5 aliphatic carbocycles. The average Bonchev–Trinajstić information content (AvgIpc) is 3.30. The van der Waals surface area contributed by atoms with Crippen LogP contribution in [0.4, 0.5) is 0 Å². The lowest BCUT2D eigenvalue weighted by Crippen LogP contribution is -2.60. The van der Waals surface area contributed by atoms with Gasteiger partial charge in [0.1, 0.15) is 0 Å². The van der Waals surface area contributed by atoms with Crippen LogP contribution in [0.5, 0.6) is 0 Å². The predicted octanol–water partition coefficient (Wildman–Crippen LogP) is 3.02. The topological polar surface area (TPSA) is 49.3 Å². The summed E-state index contributed by atoms with van der Waals surface area (Å²) in [5.74, 6) is 2.65. The van der Waals surface area contributed by atoms with Crippen LogP contribution in [0.15, 0.2) is 30.3 Å². The molecular weight excluding hydrogens is 298 g/mol. The summed E-state index contributed by atoms with van der Waals surface area (Å²) < 4.78 is 0. The summed E-state index contributed by atoms with van der Waals surface area (Å²) in [7, 11) is 0. The number of benzene rings is 1. The fraction of sp³-hybridized carbons (Fsp3) is 0.667. The zero-order chi connectivity index (χ0) is 16.4. The van der Waals surface area contributed by atoms with Crippen molar-refractivity contribution in [2.24, 2.45) is 23.7 Å². The van der Waals surface area contributed by atoms with Crippen molar-refractivity contribution in [1.82, 2.24) is 5.32 Å². The van der Waals surface area contributed by atoms with Crippen LogP contribution >= 0.6 is 0 Å². The van der Waals surface area contributed by atoms with Crippen molar-refractivity contribution >= 4 is 5.91 Å². The molecule has 0 radical (unpaired) electrons. The number of rotatable bonds is 4. The summed E-state index contributed by atoms with van der Waals surface area (Å²) in [5, 5.41) is 13.5. The van der Waals surface area contributed by atoms with Gasteiger partial charge in [-0.15, -0.1) is 0 Å². The Labute approximate surface area is 143 Å². The lowest BCUT2D eigenvalue weighted by Gasteiger charge is -2.57. The number of aliphatic hydroxyl groups is 1. The molecule has 4 bridgehead atoms. The van der Waals surface area contributed by atoms with E-state index in [-0.39, 0.29) is 29.4 Å². The fourth-order valence-electron chi connectivity index (χ4n) is 6.62. The van der Waals surface area contributed by atoms with Gasteiger partial charge in [-0.25, -0.2) is 0 Å². The van der Waals surface area contributed by atoms with Gasteiger partial charge in [-0.3, -0.25) is 4.79 Å². The molecule has 0 aromatic heterocycles. The Balaban J connectivity index is 1.33. The monoisotopic (exact) mass is 325 g/mol. The maximum atomic E-state index is 13.0. The Morgan fingerprint density at radius 2 is 1.58 bits per heavy atom. The first-order valence-corrected chi connectivity index (χ1v) is 9.61. The Hall–Kier alpha value is -1.35. The summed E-state index contributed by atoms with van der Waals surface area (Å²) in [5.41, 5.74) is 0.845. The molecule has 5 fully saturated rings. The Morgan fingerprint density at radius 1 is 1.00 bits per heavy atom. The van der Waals surface area contributed by atoms with Crippen molar-refractivity contribution in [1.29, 1.82) is 0 Å². The maximum absolute atomic E-state index is 13.0. The smallest absolute Gasteiger partial charge is 0.224 e. The summed E-state index contributed by atoms with van der Waals surface area (Å²) in [6.07, 6.45) is 8.53. The van der Waals surface area contributed by atoms with E-state index in [1.165, 1.54) is 38.5 Å². The standard InChI is InChI=1S/C21H27NO2/c23-13-21(17-4-2-1-3-5-17)12-18(21)19(24)22-20-9-14-6-15(10-20)8-16(7-14)11-20/h1-5,14-16,18,23H,6-13H2,(H,22,24)/t14?,15?,16?,18-,20?,21+/m1/s1. The summed E-state index contributed by atoms with van der Waals surface area (Å²) in [4.78, 5) is 13.0. The van der Waals surface area contributed by atoms with Gasteiger partial charge in [0.25, 0.3) is 0 Å². The second kappa shape index (κ2) is 5.08. The second-order valence-electron chi connectivity index (χ2n) is 9.12. The van der Waals surface area contributed by atoms with E-state index in [4.69, 9.17) is 0 Å². The molecular formula is C21H27NO2. The van der Waals surface area contributed by atoms with Gasteiger partial charge in [0, 0.05) is 11.0 Å². The molecule has 5 saturated carbocycles. The fourth-order valence-corrected chi connectivity index (χ4v) is 6.62. The Morgan fingerprint density at radius 3 is 2.12 bits per heavy atom. The Kier molecular flexibility index (Phi) is 3.16. The van der Waals surface area contributed by atoms with E-state index in [1.807, 2.05) is 30.3 Å². The first-order chi connectivity index (χ1) is 11.6. The molecule has 0 saturated heterocycles. The van der Waals surface area contributed by atoms with Crippen LogP contribution in [-0.4, -0.2) is 23.2 Å². The third-order valence-electron chi connectivity index (χ3n) is 7.45. The van der Waals surface area contributed by atoms with Crippen LogP contribution in [0.2, 0.25) is 0 Å². The van der Waals surface area contributed by atoms with E-state index < -0.39 is 0 Å². The van der Waals surface area contributed by atoms with Gasteiger partial charge in [0.2, 0.25) is 5.91 Å². The zero-order valence-electron chi connectivity index (χ0n) is 14.2. The van der Waals surface area contributed by atoms with E-state index in [9.17, 15) is 9.90 Å². The first-order valence-electron chi connectivity index (χ1n) is 9.61. The third-order valence-corrected chi connectivity index (χ3v) is 7.45. The molecule has 1 amide bonds. The number of carbonyl (C=O) groups excluding carboxylic acids is 1. The largest absolute Gasteiger partial charge is 0.395 e. The van der Waals surface area contributed by atoms with Gasteiger partial charge < -0.3 is 10.4 Å². The van der Waals surface area contributed by atoms with Gasteiger partial charge in [0.15, 0.2) is 0 Å². The maximum Gasteiger partial charge on any atom is 0.224 e. The van der Waals surface area contributed by atoms with Crippen molar-refractivity contribution in [3.8, 4) is 0 Å². The molecule has 24 heavy (non-hydrogen) atoms. The molecule has 3 heteroatoms. The van der Waals surface area contributed by atoms with Gasteiger partial charge in [-0.1, -0.05) is 30.3 Å². The van der Waals surface area contributed by atoms with E-state index in [0.29, 0.717) is 0 Å². The number of nitrogens with one attached hydrogen (secondary N) is 1. The molecule has 5 aliphatic rings. The highest BCUT2D eigenvalue weighted by Gasteiger charge is 2.60. The van der Waals surface area contributed by atoms with Crippen LogP contribution in [0, 0.1) is 23.7 Å². The van der Waals surface area contributed by atoms with Gasteiger partial charge in [-0.05, 0) is 68.3 Å². The second-order valence-corrected chi connectivity index (χ2v) is 9.12. The number of carbonyl (C=O) groups is 1. The van der Waals surface area contributed by atoms with Gasteiger partial charge in [-0.2, -0.15) is 0 Å². The Bertz CT molecular complexity index is 620. The number of aliphatic hydroxyl groups excluding tert-OH is 1. The minimum atomic E-state index is -0.340. The molecule has 1 aromatic rings. The number of hydrogen-bond donors (Lipinski definition) is 2. The molecule has 3 nitrogen and oxygen atoms in total. The van der Waals surface area contributed by atoms with Crippen LogP contribution in [0.25, 0.3) is 0 Å². The lowest BCUT2D eigenvalue weighted by molar-refractivity contribution is -0.128. The molecule has 0 heterocycles. The van der Waals surface area contributed by atoms with E-state index >= 15 is 0 Å². The number of hydrogen-bond acceptors (Lipinski definition) is 2. The molecule has 0 aliphatic heterocycles. The first kappa shape index (κ1) is 14.9. The third kappa shape index (κ3) is 2.17. The molecule has 2 N–H and O–H groups in total. The molecule has 6 rings (SSSR count). The molecule has 0 spiro atoms. The van der Waals surface area contributed by atoms with Crippen LogP contribution in [0.3, 0.4) is 0 Å². The highest BCUT2D eigenvalue weighted by atomic mass is 16.3. The van der Waals surface area contributed by atoms with E-state index in [0.717, 1.165) is 29.7 Å². The lowest BCUT2D eigenvalue weighted by atomic mass is 9.53. The van der Waals surface area contributed by atoms with Crippen LogP contribution in [-0.2, 0) is 10.2 Å². The van der Waals surface area contributed by atoms with Crippen molar-refractivity contribution in [2.45, 2.75) is 55.9 Å². The van der Waals surface area contributed by atoms with Crippen LogP contribution in [0.1, 0.15) is 50.5 Å². The zero-order valence-corrected chi connectivity index (χ0v) is 14.2. The average molecular weight is 325 g/mol. The van der Waals surface area contributed by atoms with Crippen molar-refractivity contribution in [3.05, 3.63) is 35.9 Å². The highest BCUT2D eigenvalue weighted by molar-refractivity contribution is 5.85. The SMILES string of the molecule is O=C(NC12CC3CC(CC(C3)C1)C2)[C@H]1C[C@]1(CO)c1ccccc1. The minimum Gasteiger partial charge on any atom is -0.395 e. The summed E-state index contributed by atoms with van der Waals surface area (Å²) in [6.45, 7) is 0.0655. The normalized spacial score (nSPS) is 45.2. The predicted molar refractivity (Wildman–Crippen MR) is 92.4 cm³/mol. The van der Waals surface area contributed by atoms with Gasteiger partial charge >= 0.3 is 0 Å². The minimum absolute atomic E-state index is 0.0575.